The van der Waals surface area contributed by atoms with Gasteiger partial charge in [-0.05, 0) is 24.6 Å². The van der Waals surface area contributed by atoms with Crippen LogP contribution in [0, 0.1) is 5.92 Å². The number of pyridine rings is 1. The van der Waals surface area contributed by atoms with E-state index in [1.807, 2.05) is 18.2 Å². The van der Waals surface area contributed by atoms with Crippen molar-refractivity contribution in [2.75, 3.05) is 11.9 Å². The SMILES string of the molecule is CC(C)CC(C)N(C)c1ncc(CO)c2ccccc12. The largest absolute Gasteiger partial charge is 0.392 e. The van der Waals surface area contributed by atoms with E-state index in [0.717, 1.165) is 28.6 Å². The van der Waals surface area contributed by atoms with Crippen LogP contribution in [0.15, 0.2) is 30.5 Å². The van der Waals surface area contributed by atoms with Gasteiger partial charge in [0, 0.05) is 30.2 Å². The van der Waals surface area contributed by atoms with Gasteiger partial charge in [-0.3, -0.25) is 0 Å². The normalized spacial score (nSPS) is 12.9. The van der Waals surface area contributed by atoms with E-state index in [1.165, 1.54) is 0 Å². The lowest BCUT2D eigenvalue weighted by molar-refractivity contribution is 0.283. The third-order valence-electron chi connectivity index (χ3n) is 3.83. The highest BCUT2D eigenvalue weighted by Gasteiger charge is 2.16. The maximum atomic E-state index is 9.44. The minimum atomic E-state index is 0.0268. The summed E-state index contributed by atoms with van der Waals surface area (Å²) in [6.07, 6.45) is 2.92. The van der Waals surface area contributed by atoms with Crippen LogP contribution in [-0.4, -0.2) is 23.2 Å². The number of rotatable bonds is 5. The summed E-state index contributed by atoms with van der Waals surface area (Å²) in [5.41, 5.74) is 0.884. The Kier molecular flexibility index (Phi) is 4.61. The first-order valence-corrected chi connectivity index (χ1v) is 7.25. The predicted octanol–water partition coefficient (Wildman–Crippen LogP) is 3.60. The molecule has 1 unspecified atom stereocenters. The van der Waals surface area contributed by atoms with Crippen LogP contribution in [0.3, 0.4) is 0 Å². The molecule has 0 radical (unpaired) electrons. The molecule has 3 heteroatoms. The van der Waals surface area contributed by atoms with Crippen molar-refractivity contribution in [2.45, 2.75) is 39.8 Å². The van der Waals surface area contributed by atoms with Crippen molar-refractivity contribution in [2.24, 2.45) is 5.92 Å². The average Bonchev–Trinajstić information content (AvgIpc) is 2.44. The smallest absolute Gasteiger partial charge is 0.136 e. The number of benzene rings is 1. The molecule has 0 saturated carbocycles. The number of hydrogen-bond acceptors (Lipinski definition) is 3. The molecular formula is C17H24N2O. The van der Waals surface area contributed by atoms with Crippen LogP contribution < -0.4 is 4.90 Å². The van der Waals surface area contributed by atoms with Crippen molar-refractivity contribution < 1.29 is 5.11 Å². The minimum absolute atomic E-state index is 0.0268. The Morgan fingerprint density at radius 2 is 1.80 bits per heavy atom. The summed E-state index contributed by atoms with van der Waals surface area (Å²) in [6, 6.07) is 8.59. The molecule has 20 heavy (non-hydrogen) atoms. The molecule has 0 aliphatic carbocycles. The van der Waals surface area contributed by atoms with E-state index in [-0.39, 0.29) is 6.61 Å². The Balaban J connectivity index is 2.44. The lowest BCUT2D eigenvalue weighted by atomic mass is 10.0. The number of aromatic nitrogens is 1. The van der Waals surface area contributed by atoms with Gasteiger partial charge in [-0.2, -0.15) is 0 Å². The highest BCUT2D eigenvalue weighted by Crippen LogP contribution is 2.28. The van der Waals surface area contributed by atoms with Crippen LogP contribution in [0.1, 0.15) is 32.8 Å². The first kappa shape index (κ1) is 14.8. The number of aliphatic hydroxyl groups excluding tert-OH is 1. The van der Waals surface area contributed by atoms with Crippen molar-refractivity contribution in [3.8, 4) is 0 Å². The van der Waals surface area contributed by atoms with Crippen LogP contribution in [0.5, 0.6) is 0 Å². The second kappa shape index (κ2) is 6.23. The maximum absolute atomic E-state index is 9.44. The van der Waals surface area contributed by atoms with Crippen molar-refractivity contribution in [1.82, 2.24) is 4.98 Å². The second-order valence-corrected chi connectivity index (χ2v) is 5.90. The van der Waals surface area contributed by atoms with E-state index in [9.17, 15) is 5.11 Å². The molecule has 1 heterocycles. The molecule has 0 saturated heterocycles. The number of aliphatic hydroxyl groups is 1. The Morgan fingerprint density at radius 3 is 2.40 bits per heavy atom. The molecule has 0 fully saturated rings. The van der Waals surface area contributed by atoms with Gasteiger partial charge >= 0.3 is 0 Å². The molecular weight excluding hydrogens is 248 g/mol. The molecule has 2 rings (SSSR count). The summed E-state index contributed by atoms with van der Waals surface area (Å²) in [7, 11) is 2.10. The predicted molar refractivity (Wildman–Crippen MR) is 85.0 cm³/mol. The Morgan fingerprint density at radius 1 is 1.15 bits per heavy atom. The zero-order chi connectivity index (χ0) is 14.7. The van der Waals surface area contributed by atoms with Gasteiger partial charge in [0.2, 0.25) is 0 Å². The lowest BCUT2D eigenvalue weighted by Gasteiger charge is -2.28. The van der Waals surface area contributed by atoms with Crippen LogP contribution >= 0.6 is 0 Å². The van der Waals surface area contributed by atoms with Crippen molar-refractivity contribution in [1.29, 1.82) is 0 Å². The minimum Gasteiger partial charge on any atom is -0.392 e. The molecule has 0 aliphatic rings. The summed E-state index contributed by atoms with van der Waals surface area (Å²) >= 11 is 0. The van der Waals surface area contributed by atoms with Gasteiger partial charge in [-0.25, -0.2) is 4.98 Å². The standard InChI is InChI=1S/C17H24N2O/c1-12(2)9-13(3)19(4)17-16-8-6-5-7-15(16)14(11-20)10-18-17/h5-8,10,12-13,20H,9,11H2,1-4H3. The number of fused-ring (bicyclic) bond motifs is 1. The van der Waals surface area contributed by atoms with E-state index in [0.29, 0.717) is 12.0 Å². The maximum Gasteiger partial charge on any atom is 0.136 e. The van der Waals surface area contributed by atoms with Crippen LogP contribution in [0.4, 0.5) is 5.82 Å². The lowest BCUT2D eigenvalue weighted by Crippen LogP contribution is -2.31. The fourth-order valence-corrected chi connectivity index (χ4v) is 2.69. The first-order valence-electron chi connectivity index (χ1n) is 7.25. The summed E-state index contributed by atoms with van der Waals surface area (Å²) in [5.74, 6) is 1.65. The molecule has 0 spiro atoms. The summed E-state index contributed by atoms with van der Waals surface area (Å²) in [5, 5.41) is 11.6. The second-order valence-electron chi connectivity index (χ2n) is 5.90. The highest BCUT2D eigenvalue weighted by atomic mass is 16.3. The quantitative estimate of drug-likeness (QED) is 0.903. The summed E-state index contributed by atoms with van der Waals surface area (Å²) in [6.45, 7) is 6.74. The molecule has 108 valence electrons. The van der Waals surface area contributed by atoms with Crippen LogP contribution in [0.2, 0.25) is 0 Å². The van der Waals surface area contributed by atoms with Gasteiger partial charge in [-0.15, -0.1) is 0 Å². The Bertz CT molecular complexity index is 580. The van der Waals surface area contributed by atoms with Gasteiger partial charge in [-0.1, -0.05) is 38.1 Å². The van der Waals surface area contributed by atoms with Gasteiger partial charge < -0.3 is 10.0 Å². The summed E-state index contributed by atoms with van der Waals surface area (Å²) in [4.78, 5) is 6.81. The zero-order valence-corrected chi connectivity index (χ0v) is 12.8. The molecule has 1 atom stereocenters. The molecule has 0 amide bonds. The number of hydrogen-bond donors (Lipinski definition) is 1. The van der Waals surface area contributed by atoms with Crippen molar-refractivity contribution in [3.63, 3.8) is 0 Å². The summed E-state index contributed by atoms with van der Waals surface area (Å²) < 4.78 is 0. The fourth-order valence-electron chi connectivity index (χ4n) is 2.69. The first-order chi connectivity index (χ1) is 9.54. The van der Waals surface area contributed by atoms with Gasteiger partial charge in [0.15, 0.2) is 0 Å². The van der Waals surface area contributed by atoms with Gasteiger partial charge in [0.1, 0.15) is 5.82 Å². The van der Waals surface area contributed by atoms with E-state index >= 15 is 0 Å². The number of anilines is 1. The third kappa shape index (κ3) is 2.93. The Hall–Kier alpha value is -1.61. The van der Waals surface area contributed by atoms with Crippen LogP contribution in [-0.2, 0) is 6.61 Å². The molecule has 2 aromatic rings. The molecule has 1 N–H and O–H groups in total. The third-order valence-corrected chi connectivity index (χ3v) is 3.83. The van der Waals surface area contributed by atoms with Crippen molar-refractivity contribution in [3.05, 3.63) is 36.0 Å². The Labute approximate surface area is 121 Å². The molecule has 0 aliphatic heterocycles. The van der Waals surface area contributed by atoms with Gasteiger partial charge in [0.25, 0.3) is 0 Å². The number of nitrogens with zero attached hydrogens (tertiary/aromatic N) is 2. The van der Waals surface area contributed by atoms with E-state index in [4.69, 9.17) is 0 Å². The monoisotopic (exact) mass is 272 g/mol. The van der Waals surface area contributed by atoms with Gasteiger partial charge in [0.05, 0.1) is 6.61 Å². The van der Waals surface area contributed by atoms with Crippen molar-refractivity contribution >= 4 is 16.6 Å². The van der Waals surface area contributed by atoms with E-state index in [2.05, 4.69) is 43.8 Å². The average molecular weight is 272 g/mol. The highest BCUT2D eigenvalue weighted by molar-refractivity contribution is 5.94. The van der Waals surface area contributed by atoms with E-state index < -0.39 is 0 Å². The fraction of sp³-hybridized carbons (Fsp3) is 0.471. The van der Waals surface area contributed by atoms with E-state index in [1.54, 1.807) is 6.20 Å². The molecule has 0 bridgehead atoms. The zero-order valence-electron chi connectivity index (χ0n) is 12.8. The molecule has 3 nitrogen and oxygen atoms in total. The molecule has 1 aromatic heterocycles. The topological polar surface area (TPSA) is 36.4 Å². The van der Waals surface area contributed by atoms with Crippen LogP contribution in [0.25, 0.3) is 10.8 Å². The molecule has 1 aromatic carbocycles.